The third kappa shape index (κ3) is 74.1. The van der Waals surface area contributed by atoms with E-state index in [1.54, 1.807) is 0 Å². The highest BCUT2D eigenvalue weighted by atomic mass is 31.2. The summed E-state index contributed by atoms with van der Waals surface area (Å²) < 4.78 is 68.4. The van der Waals surface area contributed by atoms with Crippen molar-refractivity contribution >= 4 is 39.5 Å². The van der Waals surface area contributed by atoms with Crippen molar-refractivity contribution in [1.29, 1.82) is 0 Å². The van der Waals surface area contributed by atoms with Gasteiger partial charge < -0.3 is 33.8 Å². The largest absolute Gasteiger partial charge is 0.472 e. The van der Waals surface area contributed by atoms with Crippen LogP contribution in [0.15, 0.2) is 0 Å². The van der Waals surface area contributed by atoms with Crippen molar-refractivity contribution in [2.75, 3.05) is 39.6 Å². The Labute approximate surface area is 607 Å². The zero-order valence-electron chi connectivity index (χ0n) is 64.5. The molecule has 2 unspecified atom stereocenters. The molecular weight excluding hydrogens is 1290 g/mol. The number of phosphoric acid groups is 2. The van der Waals surface area contributed by atoms with E-state index in [-0.39, 0.29) is 25.7 Å². The molecule has 0 aromatic rings. The molecule has 0 fully saturated rings. The summed E-state index contributed by atoms with van der Waals surface area (Å²) in [5.74, 6) is -2.12. The number of ether oxygens (including phenoxy) is 4. The fourth-order valence-corrected chi connectivity index (χ4v) is 14.0. The van der Waals surface area contributed by atoms with E-state index in [0.717, 1.165) is 96.3 Å². The van der Waals surface area contributed by atoms with Crippen molar-refractivity contribution in [3.05, 3.63) is 0 Å². The minimum Gasteiger partial charge on any atom is -0.462 e. The number of aliphatic hydroxyl groups excluding tert-OH is 1. The molecule has 17 nitrogen and oxygen atoms in total. The first-order valence-corrected chi connectivity index (χ1v) is 44.8. The van der Waals surface area contributed by atoms with Gasteiger partial charge in [0, 0.05) is 25.7 Å². The van der Waals surface area contributed by atoms with Crippen molar-refractivity contribution in [1.82, 2.24) is 0 Å². The monoisotopic (exact) mass is 1450 g/mol. The molecule has 0 aromatic heterocycles. The van der Waals surface area contributed by atoms with Gasteiger partial charge in [-0.1, -0.05) is 381 Å². The van der Waals surface area contributed by atoms with Gasteiger partial charge in [-0.3, -0.25) is 37.3 Å². The Morgan fingerprint density at radius 3 is 0.596 bits per heavy atom. The maximum atomic E-state index is 13.1. The summed E-state index contributed by atoms with van der Waals surface area (Å²) in [7, 11) is -9.90. The van der Waals surface area contributed by atoms with Crippen molar-refractivity contribution in [2.24, 2.45) is 0 Å². The Hall–Kier alpha value is -1.94. The highest BCUT2D eigenvalue weighted by molar-refractivity contribution is 7.47. The molecule has 19 heteroatoms. The summed E-state index contributed by atoms with van der Waals surface area (Å²) in [6.45, 7) is 4.91. The Balaban J connectivity index is 5.08. The fraction of sp³-hybridized carbons (Fsp3) is 0.950. The van der Waals surface area contributed by atoms with E-state index in [0.29, 0.717) is 25.7 Å². The second-order valence-corrected chi connectivity index (χ2v) is 31.7. The number of hydrogen-bond donors (Lipinski definition) is 3. The lowest BCUT2D eigenvalue weighted by Gasteiger charge is -2.21. The summed E-state index contributed by atoms with van der Waals surface area (Å²) >= 11 is 0. The first-order chi connectivity index (χ1) is 48.2. The fourth-order valence-electron chi connectivity index (χ4n) is 12.5. The van der Waals surface area contributed by atoms with Crippen molar-refractivity contribution in [3.8, 4) is 0 Å². The SMILES string of the molecule is CCCCCCCCCCCCCCCCCCCCCCCCC(=O)O[C@H](COC(=O)CCCCCCCCCCCCCCCCCCCCCCC)COP(=O)(O)OC[C@@H](O)COP(=O)(O)OC[C@@H](COC(=O)CCCCCCC)OC(=O)CCCCCCCCCCCCC. The highest BCUT2D eigenvalue weighted by Crippen LogP contribution is 2.45. The molecule has 588 valence electrons. The van der Waals surface area contributed by atoms with Crippen molar-refractivity contribution in [2.45, 2.75) is 451 Å². The lowest BCUT2D eigenvalue weighted by atomic mass is 10.0. The van der Waals surface area contributed by atoms with Crippen LogP contribution in [0.4, 0.5) is 0 Å². The average Bonchev–Trinajstić information content (AvgIpc) is 1.08. The number of unbranched alkanes of at least 4 members (excludes halogenated alkanes) is 55. The van der Waals surface area contributed by atoms with Crippen LogP contribution in [0.2, 0.25) is 0 Å². The maximum Gasteiger partial charge on any atom is 0.472 e. The number of hydrogen-bond acceptors (Lipinski definition) is 15. The van der Waals surface area contributed by atoms with E-state index in [2.05, 4.69) is 27.7 Å². The lowest BCUT2D eigenvalue weighted by Crippen LogP contribution is -2.30. The summed E-state index contributed by atoms with van der Waals surface area (Å²) in [5.41, 5.74) is 0. The van der Waals surface area contributed by atoms with E-state index in [1.165, 1.54) is 257 Å². The van der Waals surface area contributed by atoms with Crippen LogP contribution >= 0.6 is 15.6 Å². The van der Waals surface area contributed by atoms with Crippen LogP contribution < -0.4 is 0 Å². The zero-order valence-corrected chi connectivity index (χ0v) is 66.3. The molecule has 0 aliphatic heterocycles. The average molecular weight is 1450 g/mol. The molecule has 0 saturated carbocycles. The predicted octanol–water partition coefficient (Wildman–Crippen LogP) is 24.2. The molecule has 0 rings (SSSR count). The maximum absolute atomic E-state index is 13.1. The lowest BCUT2D eigenvalue weighted by molar-refractivity contribution is -0.161. The normalized spacial score (nSPS) is 13.8. The second kappa shape index (κ2) is 74.3. The summed E-state index contributed by atoms with van der Waals surface area (Å²) in [5, 5.41) is 10.6. The molecule has 0 bridgehead atoms. The molecule has 0 aliphatic carbocycles. The molecule has 99 heavy (non-hydrogen) atoms. The van der Waals surface area contributed by atoms with Crippen LogP contribution in [0, 0.1) is 0 Å². The Bertz CT molecular complexity index is 1880. The number of rotatable bonds is 81. The third-order valence-corrected chi connectivity index (χ3v) is 20.8. The molecule has 0 heterocycles. The third-order valence-electron chi connectivity index (χ3n) is 18.9. The van der Waals surface area contributed by atoms with Crippen molar-refractivity contribution in [3.63, 3.8) is 0 Å². The van der Waals surface area contributed by atoms with Crippen LogP contribution in [0.3, 0.4) is 0 Å². The molecule has 0 radical (unpaired) electrons. The zero-order chi connectivity index (χ0) is 72.5. The van der Waals surface area contributed by atoms with Gasteiger partial charge in [-0.2, -0.15) is 0 Å². The van der Waals surface area contributed by atoms with E-state index < -0.39 is 97.5 Å². The molecule has 0 amide bonds. The smallest absolute Gasteiger partial charge is 0.462 e. The molecule has 3 N–H and O–H groups in total. The van der Waals surface area contributed by atoms with Crippen LogP contribution in [-0.4, -0.2) is 96.7 Å². The van der Waals surface area contributed by atoms with Gasteiger partial charge in [-0.25, -0.2) is 9.13 Å². The van der Waals surface area contributed by atoms with Crippen LogP contribution in [0.25, 0.3) is 0 Å². The Morgan fingerprint density at radius 2 is 0.404 bits per heavy atom. The van der Waals surface area contributed by atoms with E-state index in [4.69, 9.17) is 37.0 Å². The minimum absolute atomic E-state index is 0.107. The number of esters is 4. The van der Waals surface area contributed by atoms with Gasteiger partial charge in [0.15, 0.2) is 12.2 Å². The van der Waals surface area contributed by atoms with Gasteiger partial charge in [-0.05, 0) is 25.7 Å². The van der Waals surface area contributed by atoms with Crippen LogP contribution in [0.1, 0.15) is 432 Å². The van der Waals surface area contributed by atoms with Crippen LogP contribution in [-0.2, 0) is 65.4 Å². The van der Waals surface area contributed by atoms with Gasteiger partial charge >= 0.3 is 39.5 Å². The Morgan fingerprint density at radius 1 is 0.242 bits per heavy atom. The molecular formula is C80H156O17P2. The minimum atomic E-state index is -4.96. The first kappa shape index (κ1) is 97.1. The van der Waals surface area contributed by atoms with Gasteiger partial charge in [0.25, 0.3) is 0 Å². The number of carbonyl (C=O) groups is 4. The molecule has 0 spiro atoms. The molecule has 0 aromatic carbocycles. The number of aliphatic hydroxyl groups is 1. The van der Waals surface area contributed by atoms with E-state index in [1.807, 2.05) is 0 Å². The first-order valence-electron chi connectivity index (χ1n) is 41.8. The predicted molar refractivity (Wildman–Crippen MR) is 405 cm³/mol. The van der Waals surface area contributed by atoms with Crippen molar-refractivity contribution < 1.29 is 80.2 Å². The van der Waals surface area contributed by atoms with Gasteiger partial charge in [0.05, 0.1) is 26.4 Å². The van der Waals surface area contributed by atoms with Gasteiger partial charge in [0.2, 0.25) is 0 Å². The topological polar surface area (TPSA) is 237 Å². The highest BCUT2D eigenvalue weighted by Gasteiger charge is 2.30. The van der Waals surface area contributed by atoms with Crippen LogP contribution in [0.5, 0.6) is 0 Å². The summed E-state index contributed by atoms with van der Waals surface area (Å²) in [6.07, 6.45) is 67.3. The molecule has 0 aliphatic rings. The van der Waals surface area contributed by atoms with Gasteiger partial charge in [0.1, 0.15) is 19.3 Å². The van der Waals surface area contributed by atoms with E-state index >= 15 is 0 Å². The molecule has 0 saturated heterocycles. The van der Waals surface area contributed by atoms with E-state index in [9.17, 15) is 43.2 Å². The summed E-state index contributed by atoms with van der Waals surface area (Å²) in [4.78, 5) is 72.6. The number of carbonyl (C=O) groups excluding carboxylic acids is 4. The van der Waals surface area contributed by atoms with Gasteiger partial charge in [-0.15, -0.1) is 0 Å². The Kier molecular flexibility index (Phi) is 72.9. The second-order valence-electron chi connectivity index (χ2n) is 28.8. The quantitative estimate of drug-likeness (QED) is 0.0222. The standard InChI is InChI=1S/C80H156O17P2/c1-5-9-13-17-20-23-26-28-30-32-34-36-38-40-42-44-46-49-52-55-59-63-67-80(85)97-76(71-91-78(83)65-61-57-53-50-48-45-43-41-39-37-35-33-31-29-27-24-21-18-14-10-6-2)73-95-99(88,89)93-69-74(81)68-92-98(86,87)94-72-75(70-90-77(82)64-60-56-16-12-8-4)96-79(84)66-62-58-54-51-47-25-22-19-15-11-7-3/h74-76,81H,5-73H2,1-4H3,(H,86,87)(H,88,89)/t74-,75+,76+/m0/s1. The summed E-state index contributed by atoms with van der Waals surface area (Å²) in [6, 6.07) is 0. The number of phosphoric ester groups is 2. The molecule has 5 atom stereocenters.